The lowest BCUT2D eigenvalue weighted by molar-refractivity contribution is 0.102. The van der Waals surface area contributed by atoms with E-state index in [2.05, 4.69) is 41.5 Å². The summed E-state index contributed by atoms with van der Waals surface area (Å²) in [4.78, 5) is 18.2. The van der Waals surface area contributed by atoms with Crippen molar-refractivity contribution in [3.63, 3.8) is 0 Å². The van der Waals surface area contributed by atoms with Crippen LogP contribution >= 0.6 is 11.3 Å². The fraction of sp³-hybridized carbons (Fsp3) is 0.200. The molecule has 0 saturated heterocycles. The molecular formula is C20H18N2O3S. The molecule has 0 bridgehead atoms. The van der Waals surface area contributed by atoms with Crippen LogP contribution in [0.25, 0.3) is 0 Å². The molecule has 0 radical (unpaired) electrons. The maximum atomic E-state index is 12.6. The van der Waals surface area contributed by atoms with Gasteiger partial charge in [-0.3, -0.25) is 10.1 Å². The second kappa shape index (κ2) is 6.80. The van der Waals surface area contributed by atoms with E-state index < -0.39 is 0 Å². The summed E-state index contributed by atoms with van der Waals surface area (Å²) in [7, 11) is 0. The van der Waals surface area contributed by atoms with Gasteiger partial charge < -0.3 is 9.47 Å². The second-order valence-electron chi connectivity index (χ2n) is 6.18. The molecule has 1 aliphatic heterocycles. The quantitative estimate of drug-likeness (QED) is 0.746. The molecule has 26 heavy (non-hydrogen) atoms. The molecule has 0 aliphatic carbocycles. The first-order chi connectivity index (χ1) is 12.6. The number of aryl methyl sites for hydroxylation is 2. The Morgan fingerprint density at radius 3 is 2.77 bits per heavy atom. The van der Waals surface area contributed by atoms with Crippen molar-refractivity contribution in [2.24, 2.45) is 0 Å². The fourth-order valence-corrected chi connectivity index (χ4v) is 3.80. The number of fused-ring (bicyclic) bond motifs is 1. The van der Waals surface area contributed by atoms with E-state index in [0.717, 1.165) is 17.0 Å². The minimum atomic E-state index is -0.247. The van der Waals surface area contributed by atoms with Crippen LogP contribution in [0.4, 0.5) is 5.13 Å². The Labute approximate surface area is 155 Å². The van der Waals surface area contributed by atoms with Crippen LogP contribution in [0.15, 0.2) is 42.5 Å². The molecule has 1 amide bonds. The maximum absolute atomic E-state index is 12.6. The minimum Gasteiger partial charge on any atom is -0.454 e. The zero-order valence-corrected chi connectivity index (χ0v) is 15.4. The molecule has 132 valence electrons. The van der Waals surface area contributed by atoms with Crippen LogP contribution in [0.1, 0.15) is 32.1 Å². The van der Waals surface area contributed by atoms with Crippen molar-refractivity contribution in [1.29, 1.82) is 0 Å². The monoisotopic (exact) mass is 366 g/mol. The number of nitrogens with zero attached hydrogens (tertiary/aromatic N) is 1. The first kappa shape index (κ1) is 16.6. The molecule has 2 aromatic carbocycles. The predicted molar refractivity (Wildman–Crippen MR) is 101 cm³/mol. The molecule has 2 heterocycles. The number of hydrogen-bond acceptors (Lipinski definition) is 5. The van der Waals surface area contributed by atoms with E-state index in [-0.39, 0.29) is 12.7 Å². The number of hydrogen-bond donors (Lipinski definition) is 1. The first-order valence-corrected chi connectivity index (χ1v) is 9.13. The number of anilines is 1. The van der Waals surface area contributed by atoms with Gasteiger partial charge in [-0.25, -0.2) is 4.98 Å². The Morgan fingerprint density at radius 2 is 1.96 bits per heavy atom. The third kappa shape index (κ3) is 3.28. The first-order valence-electron chi connectivity index (χ1n) is 8.32. The summed E-state index contributed by atoms with van der Waals surface area (Å²) in [6.45, 7) is 4.17. The molecule has 0 unspecified atom stereocenters. The van der Waals surface area contributed by atoms with Gasteiger partial charge in [0.2, 0.25) is 6.79 Å². The summed E-state index contributed by atoms with van der Waals surface area (Å²) >= 11 is 1.50. The molecule has 0 fully saturated rings. The Balaban J connectivity index is 1.52. The molecule has 0 atom stereocenters. The molecule has 1 aromatic heterocycles. The van der Waals surface area contributed by atoms with Gasteiger partial charge in [-0.1, -0.05) is 35.9 Å². The number of para-hydroxylation sites is 1. The van der Waals surface area contributed by atoms with Crippen molar-refractivity contribution < 1.29 is 14.3 Å². The zero-order valence-electron chi connectivity index (χ0n) is 14.5. The van der Waals surface area contributed by atoms with Crippen LogP contribution in [0.2, 0.25) is 0 Å². The molecule has 1 N–H and O–H groups in total. The van der Waals surface area contributed by atoms with Crippen LogP contribution in [-0.2, 0) is 6.42 Å². The standard InChI is InChI=1S/C20H18N2O3S/c1-12-6-8-14(9-7-12)10-17-13(2)21-20(26-17)22-19(23)15-4-3-5-16-18(15)25-11-24-16/h3-9H,10-11H2,1-2H3,(H,21,22,23). The van der Waals surface area contributed by atoms with E-state index in [9.17, 15) is 4.79 Å². The van der Waals surface area contributed by atoms with Crippen LogP contribution in [0, 0.1) is 13.8 Å². The lowest BCUT2D eigenvalue weighted by Gasteiger charge is -2.05. The second-order valence-corrected chi connectivity index (χ2v) is 7.27. The summed E-state index contributed by atoms with van der Waals surface area (Å²) in [5.74, 6) is 0.828. The van der Waals surface area contributed by atoms with Crippen LogP contribution < -0.4 is 14.8 Å². The minimum absolute atomic E-state index is 0.136. The number of aromatic nitrogens is 1. The van der Waals surface area contributed by atoms with Crippen LogP contribution in [-0.4, -0.2) is 17.7 Å². The predicted octanol–water partition coefficient (Wildman–Crippen LogP) is 4.33. The number of ether oxygens (including phenoxy) is 2. The lowest BCUT2D eigenvalue weighted by Crippen LogP contribution is -2.12. The third-order valence-corrected chi connectivity index (χ3v) is 5.31. The van der Waals surface area contributed by atoms with Crippen molar-refractivity contribution in [2.75, 3.05) is 12.1 Å². The summed E-state index contributed by atoms with van der Waals surface area (Å²) in [6, 6.07) is 13.7. The Kier molecular flexibility index (Phi) is 4.34. The summed E-state index contributed by atoms with van der Waals surface area (Å²) < 4.78 is 10.7. The van der Waals surface area contributed by atoms with Gasteiger partial charge in [0.1, 0.15) is 0 Å². The summed E-state index contributed by atoms with van der Waals surface area (Å²) in [5.41, 5.74) is 3.85. The van der Waals surface area contributed by atoms with E-state index in [1.54, 1.807) is 18.2 Å². The van der Waals surface area contributed by atoms with Gasteiger partial charge in [0, 0.05) is 11.3 Å². The number of benzene rings is 2. The number of thiazole rings is 1. The Morgan fingerprint density at radius 1 is 1.15 bits per heavy atom. The highest BCUT2D eigenvalue weighted by atomic mass is 32.1. The van der Waals surface area contributed by atoms with E-state index in [1.165, 1.54) is 22.5 Å². The summed E-state index contributed by atoms with van der Waals surface area (Å²) in [5, 5.41) is 3.47. The lowest BCUT2D eigenvalue weighted by atomic mass is 10.1. The summed E-state index contributed by atoms with van der Waals surface area (Å²) in [6.07, 6.45) is 0.803. The molecule has 5 nitrogen and oxygen atoms in total. The van der Waals surface area contributed by atoms with Gasteiger partial charge in [0.25, 0.3) is 5.91 Å². The van der Waals surface area contributed by atoms with Crippen LogP contribution in [0.5, 0.6) is 11.5 Å². The maximum Gasteiger partial charge on any atom is 0.261 e. The van der Waals surface area contributed by atoms with E-state index in [1.807, 2.05) is 6.92 Å². The van der Waals surface area contributed by atoms with Gasteiger partial charge in [-0.15, -0.1) is 11.3 Å². The number of carbonyl (C=O) groups is 1. The number of amides is 1. The van der Waals surface area contributed by atoms with Gasteiger partial charge in [0.15, 0.2) is 16.6 Å². The van der Waals surface area contributed by atoms with Crippen molar-refractivity contribution in [2.45, 2.75) is 20.3 Å². The molecule has 3 aromatic rings. The zero-order chi connectivity index (χ0) is 18.1. The van der Waals surface area contributed by atoms with E-state index in [0.29, 0.717) is 22.2 Å². The Hall–Kier alpha value is -2.86. The Bertz CT molecular complexity index is 964. The van der Waals surface area contributed by atoms with Crippen LogP contribution in [0.3, 0.4) is 0 Å². The third-order valence-electron chi connectivity index (χ3n) is 4.24. The SMILES string of the molecule is Cc1ccc(Cc2sc(NC(=O)c3cccc4c3OCO4)nc2C)cc1. The molecule has 6 heteroatoms. The van der Waals surface area contributed by atoms with Gasteiger partial charge in [0.05, 0.1) is 11.3 Å². The van der Waals surface area contributed by atoms with Crippen molar-refractivity contribution in [3.05, 3.63) is 69.7 Å². The normalized spacial score (nSPS) is 12.2. The van der Waals surface area contributed by atoms with Gasteiger partial charge >= 0.3 is 0 Å². The van der Waals surface area contributed by atoms with Gasteiger partial charge in [-0.05, 0) is 31.5 Å². The van der Waals surface area contributed by atoms with E-state index in [4.69, 9.17) is 9.47 Å². The van der Waals surface area contributed by atoms with Crippen molar-refractivity contribution in [1.82, 2.24) is 4.98 Å². The number of rotatable bonds is 4. The average molecular weight is 366 g/mol. The fourth-order valence-electron chi connectivity index (χ4n) is 2.81. The largest absolute Gasteiger partial charge is 0.454 e. The molecule has 4 rings (SSSR count). The van der Waals surface area contributed by atoms with Crippen molar-refractivity contribution >= 4 is 22.4 Å². The highest BCUT2D eigenvalue weighted by molar-refractivity contribution is 7.15. The number of carbonyl (C=O) groups excluding carboxylic acids is 1. The number of nitrogens with one attached hydrogen (secondary N) is 1. The average Bonchev–Trinajstić information content (AvgIpc) is 3.23. The molecule has 1 aliphatic rings. The highest BCUT2D eigenvalue weighted by Gasteiger charge is 2.22. The van der Waals surface area contributed by atoms with Crippen molar-refractivity contribution in [3.8, 4) is 11.5 Å². The topological polar surface area (TPSA) is 60.5 Å². The highest BCUT2D eigenvalue weighted by Crippen LogP contribution is 2.36. The van der Waals surface area contributed by atoms with E-state index >= 15 is 0 Å². The molecule has 0 spiro atoms. The van der Waals surface area contributed by atoms with Gasteiger partial charge in [-0.2, -0.15) is 0 Å². The molecule has 0 saturated carbocycles. The smallest absolute Gasteiger partial charge is 0.261 e. The molecular weight excluding hydrogens is 348 g/mol.